The van der Waals surface area contributed by atoms with Crippen molar-refractivity contribution in [1.29, 1.82) is 0 Å². The molecule has 1 aliphatic carbocycles. The number of ether oxygens (including phenoxy) is 2. The Morgan fingerprint density at radius 3 is 2.42 bits per heavy atom. The molecule has 3 amide bonds. The molecule has 1 saturated carbocycles. The number of hydrogen-bond acceptors (Lipinski definition) is 7. The first-order valence-corrected chi connectivity index (χ1v) is 14.3. The van der Waals surface area contributed by atoms with Gasteiger partial charge in [0.15, 0.2) is 0 Å². The molecule has 1 unspecified atom stereocenters. The Morgan fingerprint density at radius 2 is 1.77 bits per heavy atom. The Labute approximate surface area is 234 Å². The van der Waals surface area contributed by atoms with Gasteiger partial charge in [-0.2, -0.15) is 0 Å². The fourth-order valence-corrected chi connectivity index (χ4v) is 6.04. The molecule has 1 atom stereocenters. The molecule has 3 aliphatic rings. The number of nitrogens with zero attached hydrogens (tertiary/aromatic N) is 4. The maximum Gasteiger partial charge on any atom is 0.410 e. The van der Waals surface area contributed by atoms with Gasteiger partial charge < -0.3 is 14.4 Å². The van der Waals surface area contributed by atoms with E-state index in [0.717, 1.165) is 49.9 Å². The molecule has 2 aliphatic heterocycles. The highest BCUT2D eigenvalue weighted by Crippen LogP contribution is 2.32. The zero-order chi connectivity index (χ0) is 28.8. The van der Waals surface area contributed by atoms with Crippen molar-refractivity contribution in [3.8, 4) is 0 Å². The van der Waals surface area contributed by atoms with Crippen molar-refractivity contribution >= 4 is 28.9 Å². The van der Waals surface area contributed by atoms with Crippen LogP contribution in [0.2, 0.25) is 0 Å². The molecule has 1 N–H and O–H groups in total. The fraction of sp³-hybridized carbons (Fsp3) is 0.655. The van der Waals surface area contributed by atoms with Crippen molar-refractivity contribution < 1.29 is 23.9 Å². The van der Waals surface area contributed by atoms with E-state index in [1.807, 2.05) is 39.0 Å². The summed E-state index contributed by atoms with van der Waals surface area (Å²) in [6, 6.07) is 5.30. The number of imidazole rings is 1. The van der Waals surface area contributed by atoms with E-state index in [4.69, 9.17) is 9.47 Å². The first-order chi connectivity index (χ1) is 18.9. The van der Waals surface area contributed by atoms with Gasteiger partial charge in [-0.3, -0.25) is 28.9 Å². The summed E-state index contributed by atoms with van der Waals surface area (Å²) >= 11 is 0. The fourth-order valence-electron chi connectivity index (χ4n) is 6.04. The Balaban J connectivity index is 1.16. The van der Waals surface area contributed by atoms with Crippen molar-refractivity contribution in [3.63, 3.8) is 0 Å². The number of para-hydroxylation sites is 1. The van der Waals surface area contributed by atoms with Crippen LogP contribution in [0.3, 0.4) is 0 Å². The van der Waals surface area contributed by atoms with E-state index in [1.54, 1.807) is 23.6 Å². The van der Waals surface area contributed by atoms with E-state index >= 15 is 0 Å². The lowest BCUT2D eigenvalue weighted by molar-refractivity contribution is -0.135. The number of aryl methyl sites for hydroxylation is 1. The Morgan fingerprint density at radius 1 is 1.07 bits per heavy atom. The number of carbonyl (C=O) groups is 3. The standard InChI is InChI=1S/C29H41N5O6/c1-29(2,3)40-28(38)31(4)19-15-21(16-19)39-20-11-13-33(14-12-20)17-18-7-6-8-22-25(18)32(5)27(37)34(22)23-9-10-24(35)30-26(23)36/h6-8,19-21,23H,9-17H2,1-5H3,(H,30,35,36). The number of rotatable bonds is 6. The monoisotopic (exact) mass is 555 g/mol. The molecule has 1 aromatic heterocycles. The lowest BCUT2D eigenvalue weighted by Gasteiger charge is -2.43. The molecule has 0 radical (unpaired) electrons. The number of carbonyl (C=O) groups excluding carboxylic acids is 3. The molecule has 0 bridgehead atoms. The van der Waals surface area contributed by atoms with Crippen LogP contribution in [0.1, 0.15) is 70.9 Å². The van der Waals surface area contributed by atoms with Crippen LogP contribution in [0.15, 0.2) is 23.0 Å². The zero-order valence-corrected chi connectivity index (χ0v) is 24.1. The number of nitrogens with one attached hydrogen (secondary N) is 1. The highest BCUT2D eigenvalue weighted by molar-refractivity contribution is 6.00. The summed E-state index contributed by atoms with van der Waals surface area (Å²) in [5.74, 6) is -0.722. The van der Waals surface area contributed by atoms with Crippen LogP contribution in [-0.4, -0.2) is 80.8 Å². The van der Waals surface area contributed by atoms with Crippen molar-refractivity contribution in [1.82, 2.24) is 24.3 Å². The summed E-state index contributed by atoms with van der Waals surface area (Å²) in [6.45, 7) is 8.08. The van der Waals surface area contributed by atoms with Gasteiger partial charge in [0.05, 0.1) is 23.2 Å². The minimum absolute atomic E-state index is 0.152. The van der Waals surface area contributed by atoms with E-state index in [0.29, 0.717) is 18.5 Å². The van der Waals surface area contributed by atoms with Gasteiger partial charge in [-0.25, -0.2) is 9.59 Å². The number of likely N-dealkylation sites (tertiary alicyclic amines) is 1. The molecule has 40 heavy (non-hydrogen) atoms. The van der Waals surface area contributed by atoms with Gasteiger partial charge in [0.1, 0.15) is 11.6 Å². The largest absolute Gasteiger partial charge is 0.444 e. The van der Waals surface area contributed by atoms with Gasteiger partial charge in [-0.1, -0.05) is 12.1 Å². The number of benzene rings is 1. The number of imide groups is 1. The number of aromatic nitrogens is 2. The number of amides is 3. The maximum atomic E-state index is 13.2. The predicted molar refractivity (Wildman–Crippen MR) is 149 cm³/mol. The van der Waals surface area contributed by atoms with Crippen LogP contribution in [-0.2, 0) is 32.7 Å². The van der Waals surface area contributed by atoms with Crippen LogP contribution in [0, 0.1) is 0 Å². The summed E-state index contributed by atoms with van der Waals surface area (Å²) in [5.41, 5.74) is 1.82. The Hall–Kier alpha value is -3.18. The highest BCUT2D eigenvalue weighted by atomic mass is 16.6. The summed E-state index contributed by atoms with van der Waals surface area (Å²) < 4.78 is 15.0. The quantitative estimate of drug-likeness (QED) is 0.545. The molecule has 0 spiro atoms. The zero-order valence-electron chi connectivity index (χ0n) is 24.1. The van der Waals surface area contributed by atoms with Gasteiger partial charge >= 0.3 is 11.8 Å². The average molecular weight is 556 g/mol. The summed E-state index contributed by atoms with van der Waals surface area (Å²) in [4.78, 5) is 53.7. The third kappa shape index (κ3) is 5.81. The molecule has 3 fully saturated rings. The smallest absolute Gasteiger partial charge is 0.410 e. The lowest BCUT2D eigenvalue weighted by atomic mass is 9.88. The van der Waals surface area contributed by atoms with E-state index in [2.05, 4.69) is 10.2 Å². The molecule has 2 aromatic rings. The van der Waals surface area contributed by atoms with Crippen molar-refractivity contribution in [2.45, 2.75) is 95.7 Å². The first kappa shape index (κ1) is 28.4. The molecule has 1 aromatic carbocycles. The van der Waals surface area contributed by atoms with Crippen molar-refractivity contribution in [3.05, 3.63) is 34.2 Å². The van der Waals surface area contributed by atoms with E-state index < -0.39 is 17.6 Å². The lowest BCUT2D eigenvalue weighted by Crippen LogP contribution is -2.51. The van der Waals surface area contributed by atoms with Crippen LogP contribution in [0.5, 0.6) is 0 Å². The van der Waals surface area contributed by atoms with Crippen molar-refractivity contribution in [2.75, 3.05) is 20.1 Å². The summed E-state index contributed by atoms with van der Waals surface area (Å²) in [6.07, 6.45) is 4.13. The van der Waals surface area contributed by atoms with Gasteiger partial charge in [0.25, 0.3) is 0 Å². The van der Waals surface area contributed by atoms with E-state index in [-0.39, 0.29) is 42.4 Å². The molecular formula is C29H41N5O6. The molecule has 11 nitrogen and oxygen atoms in total. The third-order valence-corrected chi connectivity index (χ3v) is 8.32. The Bertz CT molecular complexity index is 1340. The van der Waals surface area contributed by atoms with Gasteiger partial charge in [-0.05, 0) is 64.5 Å². The second-order valence-corrected chi connectivity index (χ2v) is 12.4. The molecule has 2 saturated heterocycles. The van der Waals surface area contributed by atoms with Crippen LogP contribution in [0.4, 0.5) is 4.79 Å². The second-order valence-electron chi connectivity index (χ2n) is 12.4. The summed E-state index contributed by atoms with van der Waals surface area (Å²) in [5, 5.41) is 2.37. The maximum absolute atomic E-state index is 13.2. The van der Waals surface area contributed by atoms with E-state index in [9.17, 15) is 19.2 Å². The predicted octanol–water partition coefficient (Wildman–Crippen LogP) is 2.70. The number of fused-ring (bicyclic) bond motifs is 1. The van der Waals surface area contributed by atoms with Crippen LogP contribution < -0.4 is 11.0 Å². The minimum Gasteiger partial charge on any atom is -0.444 e. The Kier molecular flexibility index (Phi) is 7.80. The highest BCUT2D eigenvalue weighted by Gasteiger charge is 2.38. The van der Waals surface area contributed by atoms with Crippen molar-refractivity contribution in [2.24, 2.45) is 7.05 Å². The number of hydrogen-bond donors (Lipinski definition) is 1. The van der Waals surface area contributed by atoms with Gasteiger partial charge in [-0.15, -0.1) is 0 Å². The molecule has 218 valence electrons. The average Bonchev–Trinajstić information content (AvgIpc) is 3.11. The van der Waals surface area contributed by atoms with E-state index in [1.165, 1.54) is 4.57 Å². The summed E-state index contributed by atoms with van der Waals surface area (Å²) in [7, 11) is 3.53. The third-order valence-electron chi connectivity index (χ3n) is 8.32. The minimum atomic E-state index is -0.688. The molecule has 5 rings (SSSR count). The molecule has 3 heterocycles. The SMILES string of the molecule is CN(C(=O)OC(C)(C)C)C1CC(OC2CCN(Cc3cccc4c3n(C)c(=O)n4C3CCC(=O)NC3=O)CC2)C1. The second kappa shape index (κ2) is 11.0. The van der Waals surface area contributed by atoms with Crippen LogP contribution in [0.25, 0.3) is 11.0 Å². The number of piperidine rings is 2. The molecule has 11 heteroatoms. The normalized spacial score (nSPS) is 24.6. The topological polar surface area (TPSA) is 115 Å². The molecular weight excluding hydrogens is 514 g/mol. The first-order valence-electron chi connectivity index (χ1n) is 14.3. The van der Waals surface area contributed by atoms with Gasteiger partial charge in [0, 0.05) is 46.2 Å². The van der Waals surface area contributed by atoms with Gasteiger partial charge in [0.2, 0.25) is 11.8 Å². The van der Waals surface area contributed by atoms with Crippen LogP contribution >= 0.6 is 0 Å².